The van der Waals surface area contributed by atoms with Crippen molar-refractivity contribution in [2.24, 2.45) is 0 Å². The van der Waals surface area contributed by atoms with Crippen LogP contribution in [0, 0.1) is 0 Å². The molecular weight excluding hydrogens is 380 g/mol. The number of carbonyl (C=O) groups excluding carboxylic acids is 1. The van der Waals surface area contributed by atoms with Crippen molar-refractivity contribution < 1.29 is 13.9 Å². The molecule has 0 saturated heterocycles. The zero-order valence-electron chi connectivity index (χ0n) is 15.7. The molecule has 0 bridgehead atoms. The minimum absolute atomic E-state index is 0.276. The van der Waals surface area contributed by atoms with E-state index in [0.717, 1.165) is 16.5 Å². The van der Waals surface area contributed by atoms with Crippen molar-refractivity contribution in [3.05, 3.63) is 75.1 Å². The quantitative estimate of drug-likeness (QED) is 0.610. The van der Waals surface area contributed by atoms with Crippen LogP contribution in [0.2, 0.25) is 5.02 Å². The smallest absolute Gasteiger partial charge is 0.411 e. The predicted octanol–water partition coefficient (Wildman–Crippen LogP) is 4.65. The van der Waals surface area contributed by atoms with Gasteiger partial charge in [-0.15, -0.1) is 0 Å². The van der Waals surface area contributed by atoms with E-state index < -0.39 is 11.7 Å². The lowest BCUT2D eigenvalue weighted by atomic mass is 10.1. The maximum Gasteiger partial charge on any atom is 0.411 e. The van der Waals surface area contributed by atoms with Gasteiger partial charge in [0, 0.05) is 41.3 Å². The average Bonchev–Trinajstić information content (AvgIpc) is 2.63. The van der Waals surface area contributed by atoms with Gasteiger partial charge in [-0.2, -0.15) is 0 Å². The molecule has 0 spiro atoms. The van der Waals surface area contributed by atoms with E-state index in [1.807, 2.05) is 37.4 Å². The van der Waals surface area contributed by atoms with Crippen LogP contribution < -0.4 is 10.9 Å². The van der Waals surface area contributed by atoms with Crippen molar-refractivity contribution >= 4 is 34.4 Å². The van der Waals surface area contributed by atoms with E-state index in [2.05, 4.69) is 10.2 Å². The molecule has 3 aromatic rings. The molecule has 28 heavy (non-hydrogen) atoms. The Balaban J connectivity index is 1.81. The number of benzene rings is 2. The first-order chi connectivity index (χ1) is 13.4. The van der Waals surface area contributed by atoms with Gasteiger partial charge in [-0.1, -0.05) is 23.7 Å². The molecule has 2 aromatic carbocycles. The molecular formula is C21H21ClN2O4. The topological polar surface area (TPSA) is 71.8 Å². The number of fused-ring (bicyclic) bond motifs is 1. The first kappa shape index (κ1) is 19.9. The van der Waals surface area contributed by atoms with E-state index in [1.165, 1.54) is 6.07 Å². The Bertz CT molecular complexity index is 1030. The molecule has 1 N–H and O–H groups in total. The summed E-state index contributed by atoms with van der Waals surface area (Å²) in [6.07, 6.45) is -0.553. The third-order valence-corrected chi connectivity index (χ3v) is 4.41. The molecule has 0 unspecified atom stereocenters. The van der Waals surface area contributed by atoms with Gasteiger partial charge in [-0.25, -0.2) is 9.59 Å². The number of nitrogens with one attached hydrogen (secondary N) is 1. The van der Waals surface area contributed by atoms with Gasteiger partial charge in [-0.3, -0.25) is 10.2 Å². The average molecular weight is 401 g/mol. The van der Waals surface area contributed by atoms with Crippen molar-refractivity contribution in [2.75, 3.05) is 19.0 Å². The first-order valence-electron chi connectivity index (χ1n) is 8.88. The van der Waals surface area contributed by atoms with Crippen LogP contribution in [0.1, 0.15) is 18.1 Å². The molecule has 7 heteroatoms. The highest BCUT2D eigenvalue weighted by molar-refractivity contribution is 6.30. The van der Waals surface area contributed by atoms with E-state index in [-0.39, 0.29) is 6.61 Å². The van der Waals surface area contributed by atoms with Gasteiger partial charge in [0.05, 0.1) is 6.61 Å². The summed E-state index contributed by atoms with van der Waals surface area (Å²) in [4.78, 5) is 25.7. The van der Waals surface area contributed by atoms with E-state index in [0.29, 0.717) is 29.4 Å². The molecule has 6 nitrogen and oxygen atoms in total. The van der Waals surface area contributed by atoms with Gasteiger partial charge in [0.25, 0.3) is 0 Å². The van der Waals surface area contributed by atoms with Gasteiger partial charge >= 0.3 is 11.7 Å². The third kappa shape index (κ3) is 5.12. The highest BCUT2D eigenvalue weighted by Crippen LogP contribution is 2.23. The summed E-state index contributed by atoms with van der Waals surface area (Å²) in [7, 11) is 1.98. The summed E-state index contributed by atoms with van der Waals surface area (Å²) in [5.74, 6) is 0. The fraction of sp³-hybridized carbons (Fsp3) is 0.238. The van der Waals surface area contributed by atoms with E-state index in [1.54, 1.807) is 19.1 Å². The zero-order chi connectivity index (χ0) is 20.1. The molecule has 0 fully saturated rings. The molecule has 1 aromatic heterocycles. The maximum atomic E-state index is 12.0. The number of anilines is 1. The predicted molar refractivity (Wildman–Crippen MR) is 110 cm³/mol. The Morgan fingerprint density at radius 3 is 2.61 bits per heavy atom. The van der Waals surface area contributed by atoms with Crippen molar-refractivity contribution in [1.29, 1.82) is 0 Å². The number of hydrogen-bond acceptors (Lipinski definition) is 5. The van der Waals surface area contributed by atoms with Crippen LogP contribution in [0.5, 0.6) is 0 Å². The molecule has 0 atom stereocenters. The lowest BCUT2D eigenvalue weighted by molar-refractivity contribution is 0.168. The van der Waals surface area contributed by atoms with Crippen LogP contribution in [0.25, 0.3) is 11.0 Å². The highest BCUT2D eigenvalue weighted by atomic mass is 35.5. The second kappa shape index (κ2) is 8.91. The summed E-state index contributed by atoms with van der Waals surface area (Å²) in [5.41, 5.74) is 2.46. The van der Waals surface area contributed by atoms with Crippen LogP contribution in [0.15, 0.2) is 57.7 Å². The summed E-state index contributed by atoms with van der Waals surface area (Å²) in [5, 5.41) is 4.12. The molecule has 3 rings (SSSR count). The van der Waals surface area contributed by atoms with E-state index in [4.69, 9.17) is 20.8 Å². The maximum absolute atomic E-state index is 12.0. The second-order valence-electron chi connectivity index (χ2n) is 6.45. The van der Waals surface area contributed by atoms with E-state index in [9.17, 15) is 9.59 Å². The minimum Gasteiger partial charge on any atom is -0.450 e. The number of nitrogens with zero attached hydrogens (tertiary/aromatic N) is 1. The normalized spacial score (nSPS) is 11.0. The van der Waals surface area contributed by atoms with Gasteiger partial charge in [0.1, 0.15) is 5.58 Å². The molecule has 1 amide bonds. The van der Waals surface area contributed by atoms with Crippen molar-refractivity contribution in [3.63, 3.8) is 0 Å². The first-order valence-corrected chi connectivity index (χ1v) is 9.26. The summed E-state index contributed by atoms with van der Waals surface area (Å²) >= 11 is 5.93. The second-order valence-corrected chi connectivity index (χ2v) is 6.88. The SMILES string of the molecule is CCOC(=O)Nc1ccc2c(CN(C)Cc3ccc(Cl)cc3)cc(=O)oc2c1. The van der Waals surface area contributed by atoms with Crippen LogP contribution in [-0.4, -0.2) is 24.6 Å². The molecule has 146 valence electrons. The third-order valence-electron chi connectivity index (χ3n) is 4.16. The summed E-state index contributed by atoms with van der Waals surface area (Å²) < 4.78 is 10.2. The molecule has 1 heterocycles. The van der Waals surface area contributed by atoms with Gasteiger partial charge in [0.2, 0.25) is 0 Å². The molecule has 0 saturated carbocycles. The Labute approximate surface area is 167 Å². The number of halogens is 1. The van der Waals surface area contributed by atoms with Crippen molar-refractivity contribution in [1.82, 2.24) is 4.90 Å². The number of hydrogen-bond donors (Lipinski definition) is 1. The number of amides is 1. The minimum atomic E-state index is -0.553. The van der Waals surface area contributed by atoms with Crippen LogP contribution in [-0.2, 0) is 17.8 Å². The lowest BCUT2D eigenvalue weighted by Gasteiger charge is -2.18. The molecule has 0 aliphatic carbocycles. The number of rotatable bonds is 6. The van der Waals surface area contributed by atoms with Crippen molar-refractivity contribution in [2.45, 2.75) is 20.0 Å². The summed E-state index contributed by atoms with van der Waals surface area (Å²) in [6, 6.07) is 14.4. The molecule has 0 aliphatic rings. The largest absolute Gasteiger partial charge is 0.450 e. The van der Waals surface area contributed by atoms with E-state index >= 15 is 0 Å². The Hall–Kier alpha value is -2.83. The standard InChI is InChI=1S/C21H21ClN2O4/c1-3-27-21(26)23-17-8-9-18-15(10-20(25)28-19(18)11-17)13-24(2)12-14-4-6-16(22)7-5-14/h4-11H,3,12-13H2,1-2H3,(H,23,26). The fourth-order valence-electron chi connectivity index (χ4n) is 2.97. The number of carbonyl (C=O) groups is 1. The highest BCUT2D eigenvalue weighted by Gasteiger charge is 2.11. The monoisotopic (exact) mass is 400 g/mol. The van der Waals surface area contributed by atoms with Gasteiger partial charge < -0.3 is 9.15 Å². The zero-order valence-corrected chi connectivity index (χ0v) is 16.5. The Morgan fingerprint density at radius 2 is 1.89 bits per heavy atom. The summed E-state index contributed by atoms with van der Waals surface area (Å²) in [6.45, 7) is 3.28. The number of ether oxygens (including phenoxy) is 1. The Kier molecular flexibility index (Phi) is 6.34. The molecule has 0 radical (unpaired) electrons. The van der Waals surface area contributed by atoms with Crippen LogP contribution in [0.3, 0.4) is 0 Å². The van der Waals surface area contributed by atoms with Gasteiger partial charge in [0.15, 0.2) is 0 Å². The van der Waals surface area contributed by atoms with Crippen LogP contribution in [0.4, 0.5) is 10.5 Å². The molecule has 0 aliphatic heterocycles. The lowest BCUT2D eigenvalue weighted by Crippen LogP contribution is -2.18. The fourth-order valence-corrected chi connectivity index (χ4v) is 3.10. The van der Waals surface area contributed by atoms with Crippen LogP contribution >= 0.6 is 11.6 Å². The van der Waals surface area contributed by atoms with Crippen molar-refractivity contribution in [3.8, 4) is 0 Å². The van der Waals surface area contributed by atoms with Gasteiger partial charge in [-0.05, 0) is 49.4 Å². The Morgan fingerprint density at radius 1 is 1.14 bits per heavy atom.